The zero-order valence-corrected chi connectivity index (χ0v) is 11.4. The maximum absolute atomic E-state index is 11.8. The zero-order chi connectivity index (χ0) is 12.2. The maximum Gasteiger partial charge on any atom is 0.237 e. The monoisotopic (exact) mass is 244 g/mol. The number of carbonyl (C=O) groups excluding carboxylic acids is 1. The van der Waals surface area contributed by atoms with Gasteiger partial charge in [0.2, 0.25) is 5.91 Å². The summed E-state index contributed by atoms with van der Waals surface area (Å²) < 4.78 is 0. The fourth-order valence-electron chi connectivity index (χ4n) is 2.25. The molecule has 0 heterocycles. The van der Waals surface area contributed by atoms with Gasteiger partial charge < -0.3 is 11.1 Å². The molecule has 3 N–H and O–H groups in total. The van der Waals surface area contributed by atoms with E-state index in [0.29, 0.717) is 6.04 Å². The van der Waals surface area contributed by atoms with Crippen molar-refractivity contribution in [3.63, 3.8) is 0 Å². The van der Waals surface area contributed by atoms with Crippen molar-refractivity contribution in [1.82, 2.24) is 5.32 Å². The predicted molar refractivity (Wildman–Crippen MR) is 70.5 cm³/mol. The van der Waals surface area contributed by atoms with E-state index in [1.54, 1.807) is 11.8 Å². The summed E-state index contributed by atoms with van der Waals surface area (Å²) in [6.45, 7) is 4.44. The molecule has 0 radical (unpaired) electrons. The van der Waals surface area contributed by atoms with Crippen molar-refractivity contribution < 1.29 is 4.79 Å². The third-order valence-electron chi connectivity index (χ3n) is 3.54. The van der Waals surface area contributed by atoms with Crippen molar-refractivity contribution in [3.05, 3.63) is 0 Å². The smallest absolute Gasteiger partial charge is 0.237 e. The Bertz CT molecular complexity index is 243. The normalized spacial score (nSPS) is 25.4. The maximum atomic E-state index is 11.8. The van der Waals surface area contributed by atoms with Crippen LogP contribution in [0.15, 0.2) is 0 Å². The van der Waals surface area contributed by atoms with Crippen LogP contribution in [0.2, 0.25) is 0 Å². The third kappa shape index (κ3) is 3.67. The van der Waals surface area contributed by atoms with Gasteiger partial charge in [-0.05, 0) is 36.7 Å². The molecule has 1 unspecified atom stereocenters. The van der Waals surface area contributed by atoms with Crippen LogP contribution in [0.1, 0.15) is 39.5 Å². The second-order valence-corrected chi connectivity index (χ2v) is 6.32. The molecule has 1 fully saturated rings. The number of rotatable bonds is 5. The van der Waals surface area contributed by atoms with Gasteiger partial charge in [-0.25, -0.2) is 0 Å². The van der Waals surface area contributed by atoms with Gasteiger partial charge in [0, 0.05) is 6.04 Å². The van der Waals surface area contributed by atoms with Gasteiger partial charge in [0.25, 0.3) is 0 Å². The zero-order valence-electron chi connectivity index (χ0n) is 10.6. The second kappa shape index (κ2) is 5.92. The molecule has 3 nitrogen and oxygen atoms in total. The average Bonchev–Trinajstić information content (AvgIpc) is 2.54. The lowest BCUT2D eigenvalue weighted by Gasteiger charge is -2.28. The SMILES string of the molecule is CSCC[C@H](N)C(=O)NC1CCCC1(C)C. The molecule has 1 amide bonds. The Kier molecular flexibility index (Phi) is 5.12. The lowest BCUT2D eigenvalue weighted by molar-refractivity contribution is -0.123. The van der Waals surface area contributed by atoms with Gasteiger partial charge in [0.15, 0.2) is 0 Å². The van der Waals surface area contributed by atoms with E-state index in [4.69, 9.17) is 5.73 Å². The lowest BCUT2D eigenvalue weighted by Crippen LogP contribution is -2.48. The fraction of sp³-hybridized carbons (Fsp3) is 0.917. The van der Waals surface area contributed by atoms with Crippen LogP contribution < -0.4 is 11.1 Å². The average molecular weight is 244 g/mol. The van der Waals surface area contributed by atoms with Crippen LogP contribution in [0.3, 0.4) is 0 Å². The minimum atomic E-state index is -0.344. The van der Waals surface area contributed by atoms with E-state index in [1.807, 2.05) is 6.26 Å². The van der Waals surface area contributed by atoms with Crippen molar-refractivity contribution in [1.29, 1.82) is 0 Å². The number of carbonyl (C=O) groups is 1. The molecule has 94 valence electrons. The van der Waals surface area contributed by atoms with E-state index < -0.39 is 0 Å². The summed E-state index contributed by atoms with van der Waals surface area (Å²) in [7, 11) is 0. The van der Waals surface area contributed by atoms with Crippen LogP contribution in [0.25, 0.3) is 0 Å². The molecular formula is C12H24N2OS. The highest BCUT2D eigenvalue weighted by Gasteiger charge is 2.35. The Balaban J connectivity index is 2.39. The highest BCUT2D eigenvalue weighted by molar-refractivity contribution is 7.98. The van der Waals surface area contributed by atoms with E-state index in [1.165, 1.54) is 12.8 Å². The summed E-state index contributed by atoms with van der Waals surface area (Å²) in [6.07, 6.45) is 6.29. The summed E-state index contributed by atoms with van der Waals surface area (Å²) in [5, 5.41) is 3.10. The minimum absolute atomic E-state index is 0.0222. The predicted octanol–water partition coefficient (Wildman–Crippen LogP) is 1.76. The molecule has 0 bridgehead atoms. The van der Waals surface area contributed by atoms with E-state index in [0.717, 1.165) is 18.6 Å². The Morgan fingerprint density at radius 1 is 1.62 bits per heavy atom. The van der Waals surface area contributed by atoms with Crippen LogP contribution in [-0.4, -0.2) is 30.0 Å². The van der Waals surface area contributed by atoms with Crippen LogP contribution in [-0.2, 0) is 4.79 Å². The highest BCUT2D eigenvalue weighted by Crippen LogP contribution is 2.37. The molecule has 16 heavy (non-hydrogen) atoms. The number of nitrogens with one attached hydrogen (secondary N) is 1. The number of nitrogens with two attached hydrogens (primary N) is 1. The van der Waals surface area contributed by atoms with Gasteiger partial charge in [-0.3, -0.25) is 4.79 Å². The van der Waals surface area contributed by atoms with E-state index in [9.17, 15) is 4.79 Å². The largest absolute Gasteiger partial charge is 0.351 e. The minimum Gasteiger partial charge on any atom is -0.351 e. The molecule has 1 rings (SSSR count). The molecule has 0 aromatic heterocycles. The summed E-state index contributed by atoms with van der Waals surface area (Å²) in [5.41, 5.74) is 6.08. The molecule has 0 aromatic carbocycles. The summed E-state index contributed by atoms with van der Waals surface area (Å²) in [5.74, 6) is 0.969. The van der Waals surface area contributed by atoms with Crippen molar-refractivity contribution in [2.45, 2.75) is 51.6 Å². The molecule has 1 aliphatic carbocycles. The Labute approximate surface area is 103 Å². The summed E-state index contributed by atoms with van der Waals surface area (Å²) in [6, 6.07) is -0.0378. The molecule has 1 saturated carbocycles. The first-order valence-electron chi connectivity index (χ1n) is 6.02. The third-order valence-corrected chi connectivity index (χ3v) is 4.19. The standard InChI is InChI=1S/C12H24N2OS/c1-12(2)7-4-5-10(12)14-11(15)9(13)6-8-16-3/h9-10H,4-8,13H2,1-3H3,(H,14,15)/t9-,10?/m0/s1. The molecule has 0 saturated heterocycles. The molecule has 4 heteroatoms. The molecular weight excluding hydrogens is 220 g/mol. The van der Waals surface area contributed by atoms with Gasteiger partial charge in [0.05, 0.1) is 6.04 Å². The van der Waals surface area contributed by atoms with Crippen LogP contribution in [0.5, 0.6) is 0 Å². The van der Waals surface area contributed by atoms with Crippen molar-refractivity contribution in [3.8, 4) is 0 Å². The molecule has 0 spiro atoms. The Morgan fingerprint density at radius 2 is 2.31 bits per heavy atom. The van der Waals surface area contributed by atoms with Crippen LogP contribution >= 0.6 is 11.8 Å². The van der Waals surface area contributed by atoms with Crippen molar-refractivity contribution >= 4 is 17.7 Å². The fourth-order valence-corrected chi connectivity index (χ4v) is 2.74. The Morgan fingerprint density at radius 3 is 2.81 bits per heavy atom. The lowest BCUT2D eigenvalue weighted by atomic mass is 9.87. The highest BCUT2D eigenvalue weighted by atomic mass is 32.2. The first-order valence-corrected chi connectivity index (χ1v) is 7.41. The summed E-state index contributed by atoms with van der Waals surface area (Å²) >= 11 is 1.73. The van der Waals surface area contributed by atoms with Crippen molar-refractivity contribution in [2.24, 2.45) is 11.1 Å². The van der Waals surface area contributed by atoms with E-state index >= 15 is 0 Å². The molecule has 2 atom stereocenters. The first kappa shape index (κ1) is 13.8. The van der Waals surface area contributed by atoms with Crippen LogP contribution in [0, 0.1) is 5.41 Å². The van der Waals surface area contributed by atoms with Gasteiger partial charge in [-0.15, -0.1) is 0 Å². The topological polar surface area (TPSA) is 55.1 Å². The van der Waals surface area contributed by atoms with E-state index in [-0.39, 0.29) is 17.4 Å². The van der Waals surface area contributed by atoms with Gasteiger partial charge in [-0.1, -0.05) is 20.3 Å². The van der Waals surface area contributed by atoms with Crippen molar-refractivity contribution in [2.75, 3.05) is 12.0 Å². The number of thioether (sulfide) groups is 1. The first-order chi connectivity index (χ1) is 7.47. The van der Waals surface area contributed by atoms with Gasteiger partial charge in [-0.2, -0.15) is 11.8 Å². The Hall–Kier alpha value is -0.220. The number of hydrogen-bond acceptors (Lipinski definition) is 3. The molecule has 0 aliphatic heterocycles. The quantitative estimate of drug-likeness (QED) is 0.775. The second-order valence-electron chi connectivity index (χ2n) is 5.33. The number of hydrogen-bond donors (Lipinski definition) is 2. The van der Waals surface area contributed by atoms with E-state index in [2.05, 4.69) is 19.2 Å². The van der Waals surface area contributed by atoms with Crippen LogP contribution in [0.4, 0.5) is 0 Å². The summed E-state index contributed by atoms with van der Waals surface area (Å²) in [4.78, 5) is 11.8. The molecule has 1 aliphatic rings. The van der Waals surface area contributed by atoms with Gasteiger partial charge in [0.1, 0.15) is 0 Å². The molecule has 0 aromatic rings. The number of amides is 1. The van der Waals surface area contributed by atoms with Gasteiger partial charge >= 0.3 is 0 Å².